The van der Waals surface area contributed by atoms with E-state index in [4.69, 9.17) is 4.74 Å². The molecule has 0 bridgehead atoms. The van der Waals surface area contributed by atoms with Gasteiger partial charge < -0.3 is 15.4 Å². The lowest BCUT2D eigenvalue weighted by atomic mass is 10.1. The van der Waals surface area contributed by atoms with Crippen molar-refractivity contribution in [1.29, 1.82) is 0 Å². The molecule has 11 heteroatoms. The van der Waals surface area contributed by atoms with Crippen LogP contribution in [0.1, 0.15) is 29.8 Å². The normalized spacial score (nSPS) is 11.2. The Morgan fingerprint density at radius 3 is 2.15 bits per heavy atom. The summed E-state index contributed by atoms with van der Waals surface area (Å²) in [7, 11) is -3.63. The maximum atomic E-state index is 12.9. The lowest BCUT2D eigenvalue weighted by molar-refractivity contribution is -0.147. The highest BCUT2D eigenvalue weighted by atomic mass is 32.2. The topological polar surface area (TPSA) is 122 Å². The molecule has 0 saturated carbocycles. The molecule has 2 aromatic rings. The molecule has 2 aromatic carbocycles. The number of amides is 2. The van der Waals surface area contributed by atoms with Gasteiger partial charge in [-0.1, -0.05) is 26.0 Å². The minimum atomic E-state index is -3.63. The number of benzene rings is 2. The summed E-state index contributed by atoms with van der Waals surface area (Å²) in [6, 6.07) is 11.3. The largest absolute Gasteiger partial charge is 0.454 e. The van der Waals surface area contributed by atoms with Crippen molar-refractivity contribution in [3.8, 4) is 0 Å². The Morgan fingerprint density at radius 2 is 1.56 bits per heavy atom. The highest BCUT2D eigenvalue weighted by Crippen LogP contribution is 2.16. The number of nitrogens with zero attached hydrogens (tertiary/aromatic N) is 1. The van der Waals surface area contributed by atoms with Crippen LogP contribution in [0.3, 0.4) is 0 Å². The van der Waals surface area contributed by atoms with Crippen LogP contribution in [0.4, 0.5) is 4.39 Å². The van der Waals surface area contributed by atoms with E-state index in [0.717, 1.165) is 5.56 Å². The smallest absolute Gasteiger partial charge is 0.325 e. The first-order chi connectivity index (χ1) is 16.2. The second-order valence-electron chi connectivity index (χ2n) is 7.18. The minimum absolute atomic E-state index is 0.0672. The third-order valence-electron chi connectivity index (χ3n) is 4.87. The average Bonchev–Trinajstić information content (AvgIpc) is 2.83. The van der Waals surface area contributed by atoms with Crippen LogP contribution in [0.5, 0.6) is 0 Å². The molecule has 0 aliphatic heterocycles. The Bertz CT molecular complexity index is 1080. The summed E-state index contributed by atoms with van der Waals surface area (Å²) < 4.78 is 44.0. The second-order valence-corrected chi connectivity index (χ2v) is 9.12. The molecule has 9 nitrogen and oxygen atoms in total. The molecule has 34 heavy (non-hydrogen) atoms. The van der Waals surface area contributed by atoms with Gasteiger partial charge in [-0.2, -0.15) is 4.31 Å². The Kier molecular flexibility index (Phi) is 10.1. The molecular formula is C23H28FN3O6S. The van der Waals surface area contributed by atoms with E-state index in [0.29, 0.717) is 26.1 Å². The number of carbonyl (C=O) groups excluding carboxylic acids is 3. The van der Waals surface area contributed by atoms with Gasteiger partial charge in [-0.05, 0) is 48.4 Å². The molecule has 2 N–H and O–H groups in total. The SMILES string of the molecule is CCN(CC)S(=O)(=O)c1ccc(C(=O)NCC(=O)OCC(=O)NCCc2ccc(F)cc2)cc1. The number of hydrogen-bond donors (Lipinski definition) is 2. The predicted octanol–water partition coefficient (Wildman–Crippen LogP) is 1.49. The number of esters is 1. The van der Waals surface area contributed by atoms with Gasteiger partial charge in [-0.3, -0.25) is 14.4 Å². The van der Waals surface area contributed by atoms with Crippen molar-refractivity contribution in [3.63, 3.8) is 0 Å². The molecule has 184 valence electrons. The van der Waals surface area contributed by atoms with E-state index in [1.165, 1.54) is 40.7 Å². The summed E-state index contributed by atoms with van der Waals surface area (Å²) in [5.74, 6) is -2.24. The van der Waals surface area contributed by atoms with Gasteiger partial charge in [0, 0.05) is 25.2 Å². The molecule has 0 aromatic heterocycles. The fourth-order valence-corrected chi connectivity index (χ4v) is 4.45. The number of halogens is 1. The number of sulfonamides is 1. The highest BCUT2D eigenvalue weighted by Gasteiger charge is 2.21. The van der Waals surface area contributed by atoms with Crippen LogP contribution in [-0.2, 0) is 30.8 Å². The summed E-state index contributed by atoms with van der Waals surface area (Å²) in [6.07, 6.45) is 0.491. The van der Waals surface area contributed by atoms with Crippen LogP contribution in [-0.4, -0.2) is 63.3 Å². The Hall–Kier alpha value is -3.31. The van der Waals surface area contributed by atoms with Gasteiger partial charge in [0.1, 0.15) is 12.4 Å². The third kappa shape index (κ3) is 7.92. The van der Waals surface area contributed by atoms with Crippen LogP contribution in [0.25, 0.3) is 0 Å². The summed E-state index contributed by atoms with van der Waals surface area (Å²) >= 11 is 0. The van der Waals surface area contributed by atoms with Gasteiger partial charge in [-0.25, -0.2) is 12.8 Å². The number of carbonyl (C=O) groups is 3. The average molecular weight is 494 g/mol. The Balaban J connectivity index is 1.73. The first kappa shape index (κ1) is 26.9. The molecule has 0 spiro atoms. The molecular weight excluding hydrogens is 465 g/mol. The molecule has 0 atom stereocenters. The summed E-state index contributed by atoms with van der Waals surface area (Å²) in [4.78, 5) is 35.8. The molecule has 0 aliphatic rings. The lowest BCUT2D eigenvalue weighted by Crippen LogP contribution is -2.34. The van der Waals surface area contributed by atoms with E-state index in [1.807, 2.05) is 0 Å². The Morgan fingerprint density at radius 1 is 0.941 bits per heavy atom. The van der Waals surface area contributed by atoms with Crippen molar-refractivity contribution in [2.75, 3.05) is 32.8 Å². The van der Waals surface area contributed by atoms with Crippen molar-refractivity contribution in [3.05, 3.63) is 65.5 Å². The van der Waals surface area contributed by atoms with Crippen molar-refractivity contribution >= 4 is 27.8 Å². The van der Waals surface area contributed by atoms with Crippen LogP contribution in [0, 0.1) is 5.82 Å². The van der Waals surface area contributed by atoms with E-state index in [-0.39, 0.29) is 16.3 Å². The van der Waals surface area contributed by atoms with Crippen molar-refractivity contribution in [2.45, 2.75) is 25.2 Å². The summed E-state index contributed by atoms with van der Waals surface area (Å²) in [6.45, 7) is 3.46. The van der Waals surface area contributed by atoms with Crippen molar-refractivity contribution in [1.82, 2.24) is 14.9 Å². The summed E-state index contributed by atoms with van der Waals surface area (Å²) in [5, 5.41) is 4.94. The van der Waals surface area contributed by atoms with Crippen molar-refractivity contribution in [2.24, 2.45) is 0 Å². The maximum Gasteiger partial charge on any atom is 0.325 e. The fraction of sp³-hybridized carbons (Fsp3) is 0.348. The van der Waals surface area contributed by atoms with Gasteiger partial charge in [-0.15, -0.1) is 0 Å². The first-order valence-electron chi connectivity index (χ1n) is 10.7. The van der Waals surface area contributed by atoms with Crippen LogP contribution < -0.4 is 10.6 Å². The van der Waals surface area contributed by atoms with E-state index in [9.17, 15) is 27.2 Å². The second kappa shape index (κ2) is 12.8. The number of ether oxygens (including phenoxy) is 1. The van der Waals surface area contributed by atoms with Crippen LogP contribution >= 0.6 is 0 Å². The van der Waals surface area contributed by atoms with Gasteiger partial charge in [0.25, 0.3) is 11.8 Å². The molecule has 0 radical (unpaired) electrons. The molecule has 0 fully saturated rings. The number of nitrogens with one attached hydrogen (secondary N) is 2. The van der Waals surface area contributed by atoms with Crippen molar-refractivity contribution < 1.29 is 31.9 Å². The zero-order chi connectivity index (χ0) is 25.1. The van der Waals surface area contributed by atoms with Gasteiger partial charge in [0.15, 0.2) is 6.61 Å². The van der Waals surface area contributed by atoms with Crippen LogP contribution in [0.2, 0.25) is 0 Å². The zero-order valence-electron chi connectivity index (χ0n) is 19.0. The number of hydrogen-bond acceptors (Lipinski definition) is 6. The molecule has 2 amide bonds. The van der Waals surface area contributed by atoms with E-state index >= 15 is 0 Å². The van der Waals surface area contributed by atoms with E-state index in [2.05, 4.69) is 10.6 Å². The zero-order valence-corrected chi connectivity index (χ0v) is 19.9. The standard InChI is InChI=1S/C23H28FN3O6S/c1-3-27(4-2)34(31,32)20-11-7-18(8-12-20)23(30)26-15-22(29)33-16-21(28)25-14-13-17-5-9-19(24)10-6-17/h5-12H,3-4,13-16H2,1-2H3,(H,25,28)(H,26,30). The molecule has 0 unspecified atom stereocenters. The first-order valence-corrected chi connectivity index (χ1v) is 12.2. The highest BCUT2D eigenvalue weighted by molar-refractivity contribution is 7.89. The van der Waals surface area contributed by atoms with Gasteiger partial charge >= 0.3 is 5.97 Å². The predicted molar refractivity (Wildman–Crippen MR) is 123 cm³/mol. The molecule has 0 aliphatic carbocycles. The van der Waals surface area contributed by atoms with Gasteiger partial charge in [0.2, 0.25) is 10.0 Å². The molecule has 0 saturated heterocycles. The molecule has 0 heterocycles. The summed E-state index contributed by atoms with van der Waals surface area (Å²) in [5.41, 5.74) is 1.02. The molecule has 2 rings (SSSR count). The van der Waals surface area contributed by atoms with Gasteiger partial charge in [0.05, 0.1) is 4.90 Å². The van der Waals surface area contributed by atoms with Crippen LogP contribution in [0.15, 0.2) is 53.4 Å². The minimum Gasteiger partial charge on any atom is -0.454 e. The maximum absolute atomic E-state index is 12.9. The third-order valence-corrected chi connectivity index (χ3v) is 6.93. The van der Waals surface area contributed by atoms with E-state index < -0.39 is 41.0 Å². The Labute approximate surface area is 198 Å². The fourth-order valence-electron chi connectivity index (χ4n) is 2.99. The quantitative estimate of drug-likeness (QED) is 0.432. The monoisotopic (exact) mass is 493 g/mol. The number of rotatable bonds is 12. The lowest BCUT2D eigenvalue weighted by Gasteiger charge is -2.18. The van der Waals surface area contributed by atoms with E-state index in [1.54, 1.807) is 26.0 Å².